The van der Waals surface area contributed by atoms with Crippen LogP contribution in [0.4, 0.5) is 26.3 Å². The lowest BCUT2D eigenvalue weighted by atomic mass is 9.88. The fraction of sp³-hybridized carbons (Fsp3) is 0.357. The van der Waals surface area contributed by atoms with Gasteiger partial charge in [0, 0.05) is 6.42 Å². The molecule has 0 saturated heterocycles. The largest absolute Gasteiger partial charge is 0.507 e. The molecule has 0 amide bonds. The fourth-order valence-electron chi connectivity index (χ4n) is 4.72. The standard InChI is InChI=1S/C28H22F6O10S/c1-11-4-16(35)20-17(5-11)44-24-15(21(20)36)9-19(45-24)26(40,25(39)42-3)10-18(23(38)41-2)43-22(37)12-6-13(27(29,30)31)8-14(7-12)28(32,33)34/h4-8,18-19,35,40H,9-10H2,1-3H3/t18-,19?,26-/m1/s1. The molecular weight excluding hydrogens is 642 g/mol. The number of thioether (sulfide) groups is 1. The van der Waals surface area contributed by atoms with Crippen molar-refractivity contribution < 1.29 is 69.6 Å². The summed E-state index contributed by atoms with van der Waals surface area (Å²) in [7, 11) is 1.66. The summed E-state index contributed by atoms with van der Waals surface area (Å²) in [5, 5.41) is 20.3. The zero-order chi connectivity index (χ0) is 33.6. The highest BCUT2D eigenvalue weighted by atomic mass is 32.2. The molecule has 0 saturated carbocycles. The molecule has 0 radical (unpaired) electrons. The van der Waals surface area contributed by atoms with E-state index in [4.69, 9.17) is 9.15 Å². The Morgan fingerprint density at radius 1 is 1.00 bits per heavy atom. The maximum Gasteiger partial charge on any atom is 0.416 e. The minimum atomic E-state index is -5.30. The Morgan fingerprint density at radius 3 is 2.13 bits per heavy atom. The van der Waals surface area contributed by atoms with E-state index < -0.39 is 82.2 Å². The number of halogens is 6. The molecule has 0 fully saturated rings. The third-order valence-corrected chi connectivity index (χ3v) is 8.30. The van der Waals surface area contributed by atoms with Crippen molar-refractivity contribution in [3.8, 4) is 5.75 Å². The number of ether oxygens (including phenoxy) is 3. The Morgan fingerprint density at radius 2 is 1.60 bits per heavy atom. The van der Waals surface area contributed by atoms with Gasteiger partial charge in [0.2, 0.25) is 11.5 Å². The van der Waals surface area contributed by atoms with Crippen LogP contribution in [0.1, 0.15) is 39.0 Å². The summed E-state index contributed by atoms with van der Waals surface area (Å²) >= 11 is 0.672. The fourth-order valence-corrected chi connectivity index (χ4v) is 6.07. The van der Waals surface area contributed by atoms with E-state index in [2.05, 4.69) is 9.47 Å². The predicted octanol–water partition coefficient (Wildman–Crippen LogP) is 4.55. The van der Waals surface area contributed by atoms with E-state index in [1.54, 1.807) is 6.92 Å². The van der Waals surface area contributed by atoms with Crippen LogP contribution in [0, 0.1) is 6.92 Å². The summed E-state index contributed by atoms with van der Waals surface area (Å²) in [6.07, 6.45) is -14.4. The van der Waals surface area contributed by atoms with E-state index in [-0.39, 0.29) is 45.6 Å². The normalized spacial score (nSPS) is 16.9. The van der Waals surface area contributed by atoms with Gasteiger partial charge in [0.1, 0.15) is 16.7 Å². The van der Waals surface area contributed by atoms with Crippen molar-refractivity contribution in [1.29, 1.82) is 0 Å². The minimum absolute atomic E-state index is 0.00770. The molecule has 0 spiro atoms. The molecule has 4 rings (SSSR count). The average molecular weight is 665 g/mol. The van der Waals surface area contributed by atoms with Crippen molar-refractivity contribution in [1.82, 2.24) is 0 Å². The molecule has 242 valence electrons. The number of aryl methyl sites for hydroxylation is 1. The number of esters is 3. The number of hydrogen-bond donors (Lipinski definition) is 2. The number of aliphatic hydroxyl groups is 1. The first-order valence-electron chi connectivity index (χ1n) is 12.6. The first-order valence-corrected chi connectivity index (χ1v) is 13.5. The summed E-state index contributed by atoms with van der Waals surface area (Å²) in [6.45, 7) is 1.62. The van der Waals surface area contributed by atoms with E-state index in [0.29, 0.717) is 17.3 Å². The molecule has 1 unspecified atom stereocenters. The van der Waals surface area contributed by atoms with E-state index in [1.807, 2.05) is 0 Å². The molecule has 1 aliphatic rings. The topological polar surface area (TPSA) is 150 Å². The van der Waals surface area contributed by atoms with Gasteiger partial charge in [-0.2, -0.15) is 26.3 Å². The van der Waals surface area contributed by atoms with Gasteiger partial charge in [-0.25, -0.2) is 14.4 Å². The molecule has 3 atom stereocenters. The molecule has 17 heteroatoms. The van der Waals surface area contributed by atoms with E-state index >= 15 is 0 Å². The molecule has 1 aliphatic heterocycles. The zero-order valence-corrected chi connectivity index (χ0v) is 24.1. The number of phenolic OH excluding ortho intramolecular Hbond substituents is 1. The molecule has 2 N–H and O–H groups in total. The van der Waals surface area contributed by atoms with Crippen molar-refractivity contribution in [3.63, 3.8) is 0 Å². The summed E-state index contributed by atoms with van der Waals surface area (Å²) in [4.78, 5) is 51.6. The quantitative estimate of drug-likeness (QED) is 0.208. The Balaban J connectivity index is 1.71. The number of alkyl halides is 6. The second-order valence-electron chi connectivity index (χ2n) is 10.00. The Hall–Kier alpha value is -4.25. The molecule has 2 heterocycles. The van der Waals surface area contributed by atoms with Crippen molar-refractivity contribution in [2.45, 2.75) is 54.2 Å². The monoisotopic (exact) mass is 664 g/mol. The number of hydrogen-bond acceptors (Lipinski definition) is 11. The van der Waals surface area contributed by atoms with Gasteiger partial charge in [-0.1, -0.05) is 11.8 Å². The van der Waals surface area contributed by atoms with Gasteiger partial charge in [-0.15, -0.1) is 0 Å². The molecule has 3 aromatic rings. The Kier molecular flexibility index (Phi) is 8.91. The van der Waals surface area contributed by atoms with Gasteiger partial charge in [-0.05, 0) is 49.2 Å². The number of fused-ring (bicyclic) bond motifs is 2. The molecule has 1 aromatic heterocycles. The van der Waals surface area contributed by atoms with Crippen LogP contribution in [0.25, 0.3) is 11.0 Å². The van der Waals surface area contributed by atoms with Crippen LogP contribution in [-0.2, 0) is 42.6 Å². The molecule has 10 nitrogen and oxygen atoms in total. The van der Waals surface area contributed by atoms with E-state index in [1.165, 1.54) is 12.1 Å². The second kappa shape index (κ2) is 11.9. The number of methoxy groups -OCH3 is 2. The molecule has 0 bridgehead atoms. The lowest BCUT2D eigenvalue weighted by Gasteiger charge is -2.32. The Bertz CT molecular complexity index is 1720. The maximum absolute atomic E-state index is 13.3. The number of carbonyl (C=O) groups is 3. The smallest absolute Gasteiger partial charge is 0.416 e. The average Bonchev–Trinajstić information content (AvgIpc) is 3.39. The van der Waals surface area contributed by atoms with Crippen LogP contribution in [0.5, 0.6) is 5.75 Å². The molecular formula is C28H22F6O10S. The summed E-state index contributed by atoms with van der Waals surface area (Å²) < 4.78 is 99.8. The number of benzene rings is 2. The van der Waals surface area contributed by atoms with Crippen LogP contribution >= 0.6 is 11.8 Å². The van der Waals surface area contributed by atoms with Gasteiger partial charge in [-0.3, -0.25) is 4.79 Å². The van der Waals surface area contributed by atoms with E-state index in [9.17, 15) is 55.7 Å². The van der Waals surface area contributed by atoms with Crippen molar-refractivity contribution in [2.75, 3.05) is 14.2 Å². The number of rotatable bonds is 7. The van der Waals surface area contributed by atoms with Crippen LogP contribution in [0.15, 0.2) is 44.6 Å². The lowest BCUT2D eigenvalue weighted by Crippen LogP contribution is -2.53. The van der Waals surface area contributed by atoms with E-state index in [0.717, 1.165) is 14.2 Å². The highest BCUT2D eigenvalue weighted by Crippen LogP contribution is 2.45. The highest BCUT2D eigenvalue weighted by molar-refractivity contribution is 8.00. The third-order valence-electron chi connectivity index (χ3n) is 6.92. The second-order valence-corrected chi connectivity index (χ2v) is 11.2. The predicted molar refractivity (Wildman–Crippen MR) is 141 cm³/mol. The zero-order valence-electron chi connectivity index (χ0n) is 23.3. The van der Waals surface area contributed by atoms with Crippen LogP contribution in [0.3, 0.4) is 0 Å². The van der Waals surface area contributed by atoms with Gasteiger partial charge < -0.3 is 28.8 Å². The first kappa shape index (κ1) is 33.6. The number of carbonyl (C=O) groups excluding carboxylic acids is 3. The van der Waals surface area contributed by atoms with Crippen LogP contribution in [-0.4, -0.2) is 59.3 Å². The van der Waals surface area contributed by atoms with Gasteiger partial charge in [0.05, 0.1) is 41.7 Å². The molecule has 0 aliphatic carbocycles. The SMILES string of the molecule is COC(=O)[C@@H](C[C@](O)(C(=O)OC)C1Cc2c(oc3cc(C)cc(O)c3c2=O)S1)OC(=O)c1cc(C(F)(F)F)cc(C(F)(F)F)c1. The third kappa shape index (κ3) is 6.58. The van der Waals surface area contributed by atoms with Crippen molar-refractivity contribution in [3.05, 3.63) is 68.4 Å². The van der Waals surface area contributed by atoms with Crippen molar-refractivity contribution in [2.24, 2.45) is 0 Å². The number of aromatic hydroxyl groups is 1. The summed E-state index contributed by atoms with van der Waals surface area (Å²) in [5.41, 5.74) is -7.92. The Labute approximate surface area is 252 Å². The first-order chi connectivity index (χ1) is 20.8. The number of phenols is 1. The maximum atomic E-state index is 13.3. The van der Waals surface area contributed by atoms with Gasteiger partial charge >= 0.3 is 30.3 Å². The molecule has 2 aromatic carbocycles. The van der Waals surface area contributed by atoms with Gasteiger partial charge in [0.25, 0.3) is 0 Å². The van der Waals surface area contributed by atoms with Gasteiger partial charge in [0.15, 0.2) is 10.7 Å². The van der Waals surface area contributed by atoms with Crippen LogP contribution in [0.2, 0.25) is 0 Å². The minimum Gasteiger partial charge on any atom is -0.507 e. The summed E-state index contributed by atoms with van der Waals surface area (Å²) in [6, 6.07) is 2.69. The lowest BCUT2D eigenvalue weighted by molar-refractivity contribution is -0.170. The highest BCUT2D eigenvalue weighted by Gasteiger charge is 2.53. The molecule has 45 heavy (non-hydrogen) atoms. The van der Waals surface area contributed by atoms with Crippen LogP contribution < -0.4 is 5.43 Å². The summed E-state index contributed by atoms with van der Waals surface area (Å²) in [5.74, 6) is -5.06. The van der Waals surface area contributed by atoms with Crippen molar-refractivity contribution >= 4 is 40.6 Å².